The monoisotopic (exact) mass is 302 g/mol. The maximum absolute atomic E-state index is 13.5. The molecule has 0 saturated carbocycles. The molecule has 0 amide bonds. The lowest BCUT2D eigenvalue weighted by Gasteiger charge is -2.12. The molecule has 1 unspecified atom stereocenters. The average Bonchev–Trinajstić information content (AvgIpc) is 2.68. The molecule has 17 heavy (non-hydrogen) atoms. The van der Waals surface area contributed by atoms with Crippen molar-refractivity contribution >= 4 is 15.9 Å². The highest BCUT2D eigenvalue weighted by Gasteiger charge is 2.20. The highest BCUT2D eigenvalue weighted by molar-refractivity contribution is 9.10. The largest absolute Gasteiger partial charge is 0.388 e. The van der Waals surface area contributed by atoms with Crippen LogP contribution in [0.15, 0.2) is 29.0 Å². The lowest BCUT2D eigenvalue weighted by Crippen LogP contribution is -2.08. The van der Waals surface area contributed by atoms with Gasteiger partial charge >= 0.3 is 0 Å². The molecule has 0 saturated heterocycles. The number of imidazole rings is 1. The quantitative estimate of drug-likeness (QED) is 0.916. The van der Waals surface area contributed by atoms with Crippen LogP contribution in [0.1, 0.15) is 17.5 Å². The molecule has 2 rings (SSSR count). The Morgan fingerprint density at radius 3 is 2.53 bits per heavy atom. The van der Waals surface area contributed by atoms with E-state index in [9.17, 15) is 13.9 Å². The minimum absolute atomic E-state index is 0.0302. The number of hydrogen-bond donors (Lipinski definition) is 2. The second kappa shape index (κ2) is 4.93. The number of hydrogen-bond acceptors (Lipinski definition) is 2. The lowest BCUT2D eigenvalue weighted by molar-refractivity contribution is 0.166. The third kappa shape index (κ3) is 2.70. The van der Waals surface area contributed by atoms with Crippen LogP contribution in [0.2, 0.25) is 0 Å². The second-order valence-corrected chi connectivity index (χ2v) is 4.45. The zero-order valence-electron chi connectivity index (χ0n) is 8.62. The highest BCUT2D eigenvalue weighted by Crippen LogP contribution is 2.26. The first-order valence-corrected chi connectivity index (χ1v) is 5.68. The Morgan fingerprint density at radius 2 is 2.00 bits per heavy atom. The Bertz CT molecular complexity index is 493. The van der Waals surface area contributed by atoms with E-state index in [-0.39, 0.29) is 12.0 Å². The van der Waals surface area contributed by atoms with Crippen LogP contribution < -0.4 is 0 Å². The number of aromatic amines is 1. The summed E-state index contributed by atoms with van der Waals surface area (Å²) < 4.78 is 27.4. The predicted octanol–water partition coefficient (Wildman–Crippen LogP) is 2.73. The molecule has 1 atom stereocenters. The standard InChI is InChI=1S/C11H9BrF2N2O/c12-6-3-7(13)11(8(14)4-6)9(17)5-10-15-1-2-16-10/h1-4,9,17H,5H2,(H,15,16). The van der Waals surface area contributed by atoms with Crippen LogP contribution in [0.5, 0.6) is 0 Å². The Kier molecular flexibility index (Phi) is 3.54. The van der Waals surface area contributed by atoms with Crippen molar-refractivity contribution in [1.82, 2.24) is 9.97 Å². The van der Waals surface area contributed by atoms with Crippen molar-refractivity contribution in [3.63, 3.8) is 0 Å². The number of aromatic nitrogens is 2. The normalized spacial score (nSPS) is 12.7. The lowest BCUT2D eigenvalue weighted by atomic mass is 10.1. The van der Waals surface area contributed by atoms with E-state index < -0.39 is 17.7 Å². The minimum atomic E-state index is -1.27. The van der Waals surface area contributed by atoms with Gasteiger partial charge in [-0.25, -0.2) is 13.8 Å². The summed E-state index contributed by atoms with van der Waals surface area (Å²) in [5.74, 6) is -1.09. The molecule has 0 aliphatic rings. The van der Waals surface area contributed by atoms with Gasteiger partial charge in [-0.3, -0.25) is 0 Å². The van der Waals surface area contributed by atoms with E-state index in [2.05, 4.69) is 25.9 Å². The van der Waals surface area contributed by atoms with Crippen molar-refractivity contribution in [2.75, 3.05) is 0 Å². The zero-order valence-corrected chi connectivity index (χ0v) is 10.2. The fourth-order valence-electron chi connectivity index (χ4n) is 1.57. The van der Waals surface area contributed by atoms with Crippen LogP contribution in [0.3, 0.4) is 0 Å². The van der Waals surface area contributed by atoms with Gasteiger partial charge in [0.25, 0.3) is 0 Å². The smallest absolute Gasteiger partial charge is 0.133 e. The fourth-order valence-corrected chi connectivity index (χ4v) is 1.97. The van der Waals surface area contributed by atoms with Crippen LogP contribution in [-0.4, -0.2) is 15.1 Å². The molecule has 1 heterocycles. The number of aliphatic hydroxyl groups is 1. The van der Waals surface area contributed by atoms with Gasteiger partial charge in [0.1, 0.15) is 17.5 Å². The van der Waals surface area contributed by atoms with E-state index in [1.54, 1.807) is 6.20 Å². The number of rotatable bonds is 3. The Labute approximate surface area is 105 Å². The van der Waals surface area contributed by atoms with E-state index >= 15 is 0 Å². The third-order valence-electron chi connectivity index (χ3n) is 2.32. The molecule has 0 fully saturated rings. The summed E-state index contributed by atoms with van der Waals surface area (Å²) in [6.07, 6.45) is 1.85. The van der Waals surface area contributed by atoms with Crippen molar-refractivity contribution in [3.8, 4) is 0 Å². The summed E-state index contributed by atoms with van der Waals surface area (Å²) in [6, 6.07) is 2.23. The molecule has 0 aliphatic carbocycles. The van der Waals surface area contributed by atoms with Crippen molar-refractivity contribution in [1.29, 1.82) is 0 Å². The summed E-state index contributed by atoms with van der Waals surface area (Å²) >= 11 is 2.98. The molecule has 0 aliphatic heterocycles. The maximum Gasteiger partial charge on any atom is 0.133 e. The van der Waals surface area contributed by atoms with Crippen LogP contribution in [0, 0.1) is 11.6 Å². The molecule has 0 bridgehead atoms. The molecule has 90 valence electrons. The summed E-state index contributed by atoms with van der Waals surface area (Å²) in [6.45, 7) is 0. The SMILES string of the molecule is OC(Cc1ncc[nH]1)c1c(F)cc(Br)cc1F. The van der Waals surface area contributed by atoms with E-state index in [1.165, 1.54) is 6.20 Å². The van der Waals surface area contributed by atoms with Gasteiger partial charge < -0.3 is 10.1 Å². The molecule has 1 aromatic heterocycles. The van der Waals surface area contributed by atoms with Crippen LogP contribution in [-0.2, 0) is 6.42 Å². The maximum atomic E-state index is 13.5. The molecule has 3 nitrogen and oxygen atoms in total. The van der Waals surface area contributed by atoms with Crippen molar-refractivity contribution in [2.24, 2.45) is 0 Å². The number of nitrogens with zero attached hydrogens (tertiary/aromatic N) is 1. The van der Waals surface area contributed by atoms with Crippen LogP contribution in [0.25, 0.3) is 0 Å². The first-order chi connectivity index (χ1) is 8.08. The molecular formula is C11H9BrF2N2O. The number of halogens is 3. The number of benzene rings is 1. The van der Waals surface area contributed by atoms with Crippen LogP contribution in [0.4, 0.5) is 8.78 Å². The average molecular weight is 303 g/mol. The molecule has 6 heteroatoms. The number of H-pyrrole nitrogens is 1. The van der Waals surface area contributed by atoms with Gasteiger partial charge in [-0.05, 0) is 12.1 Å². The molecular weight excluding hydrogens is 294 g/mol. The van der Waals surface area contributed by atoms with Gasteiger partial charge in [0.2, 0.25) is 0 Å². The van der Waals surface area contributed by atoms with Gasteiger partial charge in [-0.1, -0.05) is 15.9 Å². The summed E-state index contributed by atoms with van der Waals surface area (Å²) in [7, 11) is 0. The van der Waals surface area contributed by atoms with Crippen LogP contribution >= 0.6 is 15.9 Å². The fraction of sp³-hybridized carbons (Fsp3) is 0.182. The predicted molar refractivity (Wildman–Crippen MR) is 61.3 cm³/mol. The molecule has 2 N–H and O–H groups in total. The molecule has 2 aromatic rings. The van der Waals surface area contributed by atoms with Gasteiger partial charge in [0.05, 0.1) is 11.7 Å². The van der Waals surface area contributed by atoms with Crippen molar-refractivity contribution < 1.29 is 13.9 Å². The second-order valence-electron chi connectivity index (χ2n) is 3.54. The number of nitrogens with one attached hydrogen (secondary N) is 1. The Hall–Kier alpha value is -1.27. The van der Waals surface area contributed by atoms with Crippen molar-refractivity contribution in [3.05, 3.63) is 52.0 Å². The molecule has 0 radical (unpaired) electrons. The first-order valence-electron chi connectivity index (χ1n) is 4.88. The Balaban J connectivity index is 2.27. The van der Waals surface area contributed by atoms with Gasteiger partial charge in [-0.15, -0.1) is 0 Å². The van der Waals surface area contributed by atoms with Gasteiger partial charge in [-0.2, -0.15) is 0 Å². The van der Waals surface area contributed by atoms with E-state index in [1.807, 2.05) is 0 Å². The summed E-state index contributed by atoms with van der Waals surface area (Å²) in [4.78, 5) is 6.65. The third-order valence-corrected chi connectivity index (χ3v) is 2.78. The van der Waals surface area contributed by atoms with E-state index in [0.29, 0.717) is 10.3 Å². The van der Waals surface area contributed by atoms with Gasteiger partial charge in [0, 0.05) is 23.3 Å². The van der Waals surface area contributed by atoms with Crippen molar-refractivity contribution in [2.45, 2.75) is 12.5 Å². The summed E-state index contributed by atoms with van der Waals surface area (Å²) in [5.41, 5.74) is -0.343. The highest BCUT2D eigenvalue weighted by atomic mass is 79.9. The van der Waals surface area contributed by atoms with E-state index in [4.69, 9.17) is 0 Å². The van der Waals surface area contributed by atoms with Gasteiger partial charge in [0.15, 0.2) is 0 Å². The van der Waals surface area contributed by atoms with E-state index in [0.717, 1.165) is 12.1 Å². The molecule has 1 aromatic carbocycles. The molecule has 0 spiro atoms. The Morgan fingerprint density at radius 1 is 1.35 bits per heavy atom. The summed E-state index contributed by atoms with van der Waals surface area (Å²) in [5, 5.41) is 9.79. The zero-order chi connectivity index (χ0) is 12.4. The minimum Gasteiger partial charge on any atom is -0.388 e. The number of aliphatic hydroxyl groups excluding tert-OH is 1. The first kappa shape index (κ1) is 12.2. The topological polar surface area (TPSA) is 48.9 Å².